The number of rotatable bonds is 0. The van der Waals surface area contributed by atoms with Crippen molar-refractivity contribution in [1.82, 2.24) is 0 Å². The zero-order valence-corrected chi connectivity index (χ0v) is 19.7. The van der Waals surface area contributed by atoms with Gasteiger partial charge in [-0.25, -0.2) is 0 Å². The van der Waals surface area contributed by atoms with Gasteiger partial charge in [-0.3, -0.25) is 4.79 Å². The number of ether oxygens (including phenoxy) is 1. The van der Waals surface area contributed by atoms with Crippen LogP contribution in [-0.2, 0) is 9.53 Å². The van der Waals surface area contributed by atoms with E-state index in [1.54, 1.807) is 0 Å². The number of hydrogen-bond donors (Lipinski definition) is 0. The van der Waals surface area contributed by atoms with Crippen LogP contribution >= 0.6 is 0 Å². The Morgan fingerprint density at radius 3 is 1.34 bits per heavy atom. The smallest absolute Gasteiger partial charge is 0.312 e. The highest BCUT2D eigenvalue weighted by molar-refractivity contribution is 5.77. The summed E-state index contributed by atoms with van der Waals surface area (Å²) in [4.78, 5) is 12.6. The molecule has 0 spiro atoms. The van der Waals surface area contributed by atoms with E-state index in [0.29, 0.717) is 0 Å². The Labute approximate surface area is 181 Å². The molecule has 2 heterocycles. The molecule has 29 heavy (non-hydrogen) atoms. The van der Waals surface area contributed by atoms with Crippen LogP contribution in [0.3, 0.4) is 0 Å². The summed E-state index contributed by atoms with van der Waals surface area (Å²) in [7, 11) is 0. The summed E-state index contributed by atoms with van der Waals surface area (Å²) in [6.45, 7) is 2.15. The summed E-state index contributed by atoms with van der Waals surface area (Å²) in [5.74, 6) is 0.0965. The third kappa shape index (κ3) is 10.9. The molecule has 3 aliphatic rings. The standard InChI is InChI=1S/C27H50O2/c1-27-23-20-18-16-14-12-10-8-6-4-2-3-5-7-9-11-13-15-17-19-21-25(22-24-27)29-26(27)28/h25H,2-24H2,1H3. The minimum Gasteiger partial charge on any atom is -0.462 e. The molecule has 0 aromatic heterocycles. The predicted octanol–water partition coefficient (Wildman–Crippen LogP) is 8.90. The van der Waals surface area contributed by atoms with Crippen molar-refractivity contribution < 1.29 is 9.53 Å². The van der Waals surface area contributed by atoms with Crippen LogP contribution in [0.1, 0.15) is 155 Å². The molecule has 3 rings (SSSR count). The molecule has 2 atom stereocenters. The van der Waals surface area contributed by atoms with Crippen molar-refractivity contribution in [3.8, 4) is 0 Å². The first kappa shape index (κ1) is 24.7. The van der Waals surface area contributed by atoms with E-state index in [1.165, 1.54) is 122 Å². The summed E-state index contributed by atoms with van der Waals surface area (Å²) in [5, 5.41) is 0. The normalized spacial score (nSPS) is 31.3. The van der Waals surface area contributed by atoms with Crippen LogP contribution in [0.2, 0.25) is 0 Å². The Bertz CT molecular complexity index is 415. The third-order valence-electron chi connectivity index (χ3n) is 7.54. The van der Waals surface area contributed by atoms with Crippen molar-refractivity contribution in [2.24, 2.45) is 5.41 Å². The minimum atomic E-state index is -0.206. The minimum absolute atomic E-state index is 0.0965. The van der Waals surface area contributed by atoms with Gasteiger partial charge < -0.3 is 4.74 Å². The van der Waals surface area contributed by atoms with Crippen LogP contribution in [0, 0.1) is 5.41 Å². The topological polar surface area (TPSA) is 26.3 Å². The van der Waals surface area contributed by atoms with Gasteiger partial charge in [0.25, 0.3) is 0 Å². The van der Waals surface area contributed by atoms with Gasteiger partial charge in [0.05, 0.1) is 5.41 Å². The van der Waals surface area contributed by atoms with Gasteiger partial charge in [-0.2, -0.15) is 0 Å². The molecule has 0 N–H and O–H groups in total. The predicted molar refractivity (Wildman–Crippen MR) is 124 cm³/mol. The van der Waals surface area contributed by atoms with Crippen molar-refractivity contribution >= 4 is 5.97 Å². The molecule has 0 aromatic rings. The molecular weight excluding hydrogens is 356 g/mol. The van der Waals surface area contributed by atoms with E-state index in [4.69, 9.17) is 4.74 Å². The zero-order chi connectivity index (χ0) is 20.6. The monoisotopic (exact) mass is 406 g/mol. The van der Waals surface area contributed by atoms with E-state index in [2.05, 4.69) is 6.92 Å². The molecule has 2 aliphatic heterocycles. The Hall–Kier alpha value is -0.530. The van der Waals surface area contributed by atoms with E-state index >= 15 is 0 Å². The highest BCUT2D eigenvalue weighted by Gasteiger charge is 2.39. The average molecular weight is 407 g/mol. The van der Waals surface area contributed by atoms with E-state index in [9.17, 15) is 4.79 Å². The third-order valence-corrected chi connectivity index (χ3v) is 7.54. The lowest BCUT2D eigenvalue weighted by atomic mass is 9.77. The number of fused-ring (bicyclic) bond motifs is 22. The second-order valence-electron chi connectivity index (χ2n) is 10.4. The maximum absolute atomic E-state index is 12.6. The van der Waals surface area contributed by atoms with Crippen molar-refractivity contribution in [3.05, 3.63) is 0 Å². The van der Waals surface area contributed by atoms with Gasteiger partial charge in [0.15, 0.2) is 0 Å². The van der Waals surface area contributed by atoms with Gasteiger partial charge in [0, 0.05) is 0 Å². The SMILES string of the molecule is CC12CCCCCCCCCCCCCCCCCCCCCC(CC1)OC2=O. The molecule has 170 valence electrons. The second-order valence-corrected chi connectivity index (χ2v) is 10.4. The lowest BCUT2D eigenvalue weighted by Crippen LogP contribution is -2.39. The number of carbonyl (C=O) groups excluding carboxylic acids is 1. The average Bonchev–Trinajstić information content (AvgIpc) is 2.71. The molecule has 2 bridgehead atoms. The van der Waals surface area contributed by atoms with Crippen LogP contribution in [-0.4, -0.2) is 12.1 Å². The summed E-state index contributed by atoms with van der Waals surface area (Å²) in [5.41, 5.74) is -0.206. The van der Waals surface area contributed by atoms with Gasteiger partial charge in [-0.15, -0.1) is 0 Å². The fourth-order valence-corrected chi connectivity index (χ4v) is 5.26. The summed E-state index contributed by atoms with van der Waals surface area (Å²) in [6.07, 6.45) is 30.7. The van der Waals surface area contributed by atoms with Gasteiger partial charge in [0.2, 0.25) is 0 Å². The molecule has 2 unspecified atom stereocenters. The van der Waals surface area contributed by atoms with Crippen molar-refractivity contribution in [3.63, 3.8) is 0 Å². The van der Waals surface area contributed by atoms with E-state index in [-0.39, 0.29) is 17.5 Å². The Morgan fingerprint density at radius 2 is 0.931 bits per heavy atom. The maximum Gasteiger partial charge on any atom is 0.312 e. The summed E-state index contributed by atoms with van der Waals surface area (Å²) < 4.78 is 5.86. The van der Waals surface area contributed by atoms with E-state index < -0.39 is 0 Å². The molecular formula is C27H50O2. The molecule has 2 heteroatoms. The first-order chi connectivity index (χ1) is 14.2. The highest BCUT2D eigenvalue weighted by atomic mass is 16.5. The zero-order valence-electron chi connectivity index (χ0n) is 19.7. The maximum atomic E-state index is 12.6. The Morgan fingerprint density at radius 1 is 0.552 bits per heavy atom. The van der Waals surface area contributed by atoms with Gasteiger partial charge in [-0.1, -0.05) is 116 Å². The van der Waals surface area contributed by atoms with Gasteiger partial charge >= 0.3 is 5.97 Å². The fourth-order valence-electron chi connectivity index (χ4n) is 5.26. The van der Waals surface area contributed by atoms with Crippen LogP contribution in [0.4, 0.5) is 0 Å². The molecule has 0 radical (unpaired) electrons. The summed E-state index contributed by atoms with van der Waals surface area (Å²) >= 11 is 0. The quantitative estimate of drug-likeness (QED) is 0.375. The van der Waals surface area contributed by atoms with Crippen LogP contribution in [0.15, 0.2) is 0 Å². The van der Waals surface area contributed by atoms with Crippen LogP contribution in [0.25, 0.3) is 0 Å². The van der Waals surface area contributed by atoms with Gasteiger partial charge in [-0.05, 0) is 39.0 Å². The highest BCUT2D eigenvalue weighted by Crippen LogP contribution is 2.38. The molecule has 3 fully saturated rings. The van der Waals surface area contributed by atoms with Crippen LogP contribution in [0.5, 0.6) is 0 Å². The van der Waals surface area contributed by atoms with Gasteiger partial charge in [0.1, 0.15) is 6.10 Å². The second kappa shape index (κ2) is 15.3. The largest absolute Gasteiger partial charge is 0.462 e. The number of esters is 1. The number of carbonyl (C=O) groups is 1. The lowest BCUT2D eigenvalue weighted by Gasteiger charge is -2.36. The van der Waals surface area contributed by atoms with Crippen molar-refractivity contribution in [2.45, 2.75) is 161 Å². The Balaban J connectivity index is 1.67. The molecule has 2 nitrogen and oxygen atoms in total. The first-order valence-electron chi connectivity index (χ1n) is 13.4. The first-order valence-corrected chi connectivity index (χ1v) is 13.4. The molecule has 1 saturated carbocycles. The Kier molecular flexibility index (Phi) is 13.0. The molecule has 0 aromatic carbocycles. The van der Waals surface area contributed by atoms with Crippen molar-refractivity contribution in [1.29, 1.82) is 0 Å². The molecule has 0 amide bonds. The number of hydrogen-bond acceptors (Lipinski definition) is 2. The van der Waals surface area contributed by atoms with E-state index in [0.717, 1.165) is 25.7 Å². The summed E-state index contributed by atoms with van der Waals surface area (Å²) in [6, 6.07) is 0. The van der Waals surface area contributed by atoms with E-state index in [1.807, 2.05) is 0 Å². The van der Waals surface area contributed by atoms with Crippen LogP contribution < -0.4 is 0 Å². The molecule has 1 aliphatic carbocycles. The lowest BCUT2D eigenvalue weighted by molar-refractivity contribution is -0.170. The van der Waals surface area contributed by atoms with Crippen molar-refractivity contribution in [2.75, 3.05) is 0 Å². The molecule has 2 saturated heterocycles. The fraction of sp³-hybridized carbons (Fsp3) is 0.963.